The summed E-state index contributed by atoms with van der Waals surface area (Å²) in [5.74, 6) is 0. The van der Waals surface area contributed by atoms with Gasteiger partial charge in [0.2, 0.25) is 10.0 Å². The van der Waals surface area contributed by atoms with Crippen LogP contribution in [0.2, 0.25) is 0 Å². The van der Waals surface area contributed by atoms with E-state index in [1.807, 2.05) is 19.1 Å². The Hall–Kier alpha value is -1.07. The van der Waals surface area contributed by atoms with Crippen LogP contribution in [0.5, 0.6) is 0 Å². The Labute approximate surface area is 128 Å². The summed E-state index contributed by atoms with van der Waals surface area (Å²) in [4.78, 5) is 0.344. The molecule has 0 amide bonds. The Balaban J connectivity index is 2.08. The average Bonchev–Trinajstić information content (AvgIpc) is 2.45. The lowest BCUT2D eigenvalue weighted by Crippen LogP contribution is -2.47. The SMILES string of the molecule is CCCNc1ccc(S(=O)(=O)NC2(C)CCCCC2)cc1. The summed E-state index contributed by atoms with van der Waals surface area (Å²) < 4.78 is 27.9. The van der Waals surface area contributed by atoms with E-state index in [0.29, 0.717) is 4.90 Å². The number of hydrogen-bond donors (Lipinski definition) is 2. The van der Waals surface area contributed by atoms with Gasteiger partial charge in [-0.1, -0.05) is 26.2 Å². The summed E-state index contributed by atoms with van der Waals surface area (Å²) in [6, 6.07) is 7.00. The normalized spacial score (nSPS) is 18.4. The molecule has 0 aliphatic heterocycles. The van der Waals surface area contributed by atoms with Crippen molar-refractivity contribution in [1.82, 2.24) is 4.72 Å². The van der Waals surface area contributed by atoms with Crippen LogP contribution in [0.1, 0.15) is 52.4 Å². The van der Waals surface area contributed by atoms with E-state index >= 15 is 0 Å². The van der Waals surface area contributed by atoms with E-state index in [-0.39, 0.29) is 5.54 Å². The Morgan fingerprint density at radius 2 is 1.71 bits per heavy atom. The van der Waals surface area contributed by atoms with Crippen LogP contribution in [-0.2, 0) is 10.0 Å². The minimum atomic E-state index is -3.43. The van der Waals surface area contributed by atoms with E-state index in [9.17, 15) is 8.42 Å². The fraction of sp³-hybridized carbons (Fsp3) is 0.625. The molecule has 1 aromatic rings. The molecule has 21 heavy (non-hydrogen) atoms. The molecule has 4 nitrogen and oxygen atoms in total. The maximum Gasteiger partial charge on any atom is 0.241 e. The summed E-state index contributed by atoms with van der Waals surface area (Å²) in [6.45, 7) is 5.00. The lowest BCUT2D eigenvalue weighted by Gasteiger charge is -2.34. The highest BCUT2D eigenvalue weighted by atomic mass is 32.2. The Kier molecular flexibility index (Phi) is 5.27. The highest BCUT2D eigenvalue weighted by molar-refractivity contribution is 7.89. The molecule has 0 bridgehead atoms. The van der Waals surface area contributed by atoms with Crippen LogP contribution >= 0.6 is 0 Å². The Bertz CT molecular complexity index is 546. The van der Waals surface area contributed by atoms with Gasteiger partial charge in [0.1, 0.15) is 0 Å². The molecule has 0 aromatic heterocycles. The first-order valence-electron chi connectivity index (χ1n) is 7.83. The molecule has 0 spiro atoms. The molecule has 0 saturated heterocycles. The Morgan fingerprint density at radius 3 is 2.29 bits per heavy atom. The lowest BCUT2D eigenvalue weighted by molar-refractivity contribution is 0.294. The predicted molar refractivity (Wildman–Crippen MR) is 87.0 cm³/mol. The van der Waals surface area contributed by atoms with Gasteiger partial charge in [-0.3, -0.25) is 0 Å². The van der Waals surface area contributed by atoms with Gasteiger partial charge in [0.05, 0.1) is 4.90 Å². The van der Waals surface area contributed by atoms with Crippen molar-refractivity contribution in [1.29, 1.82) is 0 Å². The molecular formula is C16H26N2O2S. The largest absolute Gasteiger partial charge is 0.385 e. The third-order valence-electron chi connectivity index (χ3n) is 4.08. The highest BCUT2D eigenvalue weighted by Gasteiger charge is 2.31. The van der Waals surface area contributed by atoms with Crippen molar-refractivity contribution in [2.24, 2.45) is 0 Å². The van der Waals surface area contributed by atoms with Crippen molar-refractivity contribution in [2.75, 3.05) is 11.9 Å². The molecule has 1 fully saturated rings. The van der Waals surface area contributed by atoms with Gasteiger partial charge in [-0.15, -0.1) is 0 Å². The van der Waals surface area contributed by atoms with Crippen LogP contribution < -0.4 is 10.0 Å². The van der Waals surface area contributed by atoms with Crippen molar-refractivity contribution in [3.05, 3.63) is 24.3 Å². The fourth-order valence-corrected chi connectivity index (χ4v) is 4.30. The monoisotopic (exact) mass is 310 g/mol. The number of sulfonamides is 1. The van der Waals surface area contributed by atoms with Crippen molar-refractivity contribution in [3.8, 4) is 0 Å². The van der Waals surface area contributed by atoms with E-state index in [1.165, 1.54) is 6.42 Å². The molecule has 0 atom stereocenters. The number of benzene rings is 1. The van der Waals surface area contributed by atoms with Crippen LogP contribution in [0.4, 0.5) is 5.69 Å². The molecular weight excluding hydrogens is 284 g/mol. The summed E-state index contributed by atoms with van der Waals surface area (Å²) in [7, 11) is -3.43. The number of nitrogens with one attached hydrogen (secondary N) is 2. The maximum absolute atomic E-state index is 12.5. The first-order chi connectivity index (χ1) is 9.95. The van der Waals surface area contributed by atoms with Gasteiger partial charge >= 0.3 is 0 Å². The minimum absolute atomic E-state index is 0.295. The maximum atomic E-state index is 12.5. The third kappa shape index (κ3) is 4.45. The van der Waals surface area contributed by atoms with E-state index in [2.05, 4.69) is 17.0 Å². The van der Waals surface area contributed by atoms with Crippen LogP contribution in [0, 0.1) is 0 Å². The van der Waals surface area contributed by atoms with Crippen LogP contribution in [0.15, 0.2) is 29.2 Å². The molecule has 118 valence electrons. The topological polar surface area (TPSA) is 58.2 Å². The zero-order chi connectivity index (χ0) is 15.3. The molecule has 0 unspecified atom stereocenters. The summed E-state index contributed by atoms with van der Waals surface area (Å²) in [6.07, 6.45) is 6.28. The van der Waals surface area contributed by atoms with Crippen LogP contribution in [0.3, 0.4) is 0 Å². The summed E-state index contributed by atoms with van der Waals surface area (Å²) in [5.41, 5.74) is 0.663. The standard InChI is InChI=1S/C16H26N2O2S/c1-3-13-17-14-7-9-15(10-8-14)21(19,20)18-16(2)11-5-4-6-12-16/h7-10,17-18H,3-6,11-13H2,1-2H3. The van der Waals surface area contributed by atoms with Crippen molar-refractivity contribution < 1.29 is 8.42 Å². The van der Waals surface area contributed by atoms with Gasteiger partial charge in [0.25, 0.3) is 0 Å². The second kappa shape index (κ2) is 6.79. The highest BCUT2D eigenvalue weighted by Crippen LogP contribution is 2.29. The molecule has 1 aromatic carbocycles. The summed E-state index contributed by atoms with van der Waals surface area (Å²) in [5, 5.41) is 3.25. The quantitative estimate of drug-likeness (QED) is 0.845. The molecule has 1 aliphatic rings. The molecule has 1 saturated carbocycles. The first-order valence-corrected chi connectivity index (χ1v) is 9.31. The third-order valence-corrected chi connectivity index (χ3v) is 5.74. The van der Waals surface area contributed by atoms with Crippen LogP contribution in [0.25, 0.3) is 0 Å². The molecule has 2 N–H and O–H groups in total. The molecule has 0 heterocycles. The number of hydrogen-bond acceptors (Lipinski definition) is 3. The van der Waals surface area contributed by atoms with E-state index < -0.39 is 10.0 Å². The van der Waals surface area contributed by atoms with E-state index in [4.69, 9.17) is 0 Å². The fourth-order valence-electron chi connectivity index (χ4n) is 2.84. The number of rotatable bonds is 6. The lowest BCUT2D eigenvalue weighted by atomic mass is 9.84. The van der Waals surface area contributed by atoms with E-state index in [0.717, 1.165) is 44.3 Å². The minimum Gasteiger partial charge on any atom is -0.385 e. The van der Waals surface area contributed by atoms with Crippen molar-refractivity contribution in [3.63, 3.8) is 0 Å². The molecule has 5 heteroatoms. The second-order valence-electron chi connectivity index (χ2n) is 6.18. The van der Waals surface area contributed by atoms with Gasteiger partial charge < -0.3 is 5.32 Å². The van der Waals surface area contributed by atoms with Gasteiger partial charge in [0.15, 0.2) is 0 Å². The first kappa shape index (κ1) is 16.3. The molecule has 1 aliphatic carbocycles. The second-order valence-corrected chi connectivity index (χ2v) is 7.86. The number of anilines is 1. The molecule has 2 rings (SSSR count). The van der Waals surface area contributed by atoms with Gasteiger partial charge in [-0.05, 0) is 50.5 Å². The van der Waals surface area contributed by atoms with Crippen molar-refractivity contribution >= 4 is 15.7 Å². The Morgan fingerprint density at radius 1 is 1.10 bits per heavy atom. The van der Waals surface area contributed by atoms with Crippen LogP contribution in [-0.4, -0.2) is 20.5 Å². The van der Waals surface area contributed by atoms with Gasteiger partial charge in [-0.2, -0.15) is 0 Å². The molecule has 0 radical (unpaired) electrons. The van der Waals surface area contributed by atoms with E-state index in [1.54, 1.807) is 12.1 Å². The zero-order valence-electron chi connectivity index (χ0n) is 13.0. The average molecular weight is 310 g/mol. The van der Waals surface area contributed by atoms with Gasteiger partial charge in [0, 0.05) is 17.8 Å². The predicted octanol–water partition coefficient (Wildman–Crippen LogP) is 3.51. The smallest absolute Gasteiger partial charge is 0.241 e. The summed E-state index contributed by atoms with van der Waals surface area (Å²) >= 11 is 0. The van der Waals surface area contributed by atoms with Gasteiger partial charge in [-0.25, -0.2) is 13.1 Å². The van der Waals surface area contributed by atoms with Crippen molar-refractivity contribution in [2.45, 2.75) is 62.8 Å². The zero-order valence-corrected chi connectivity index (χ0v) is 13.8.